The van der Waals surface area contributed by atoms with Gasteiger partial charge in [0.15, 0.2) is 5.82 Å². The van der Waals surface area contributed by atoms with E-state index in [1.165, 1.54) is 0 Å². The molecule has 1 aromatic heterocycles. The first-order valence-electron chi connectivity index (χ1n) is 7.21. The molecule has 1 aromatic rings. The highest BCUT2D eigenvalue weighted by molar-refractivity contribution is 6.04. The van der Waals surface area contributed by atoms with E-state index in [9.17, 15) is 14.4 Å². The summed E-state index contributed by atoms with van der Waals surface area (Å²) in [6, 6.07) is -0.505. The molecule has 0 saturated carbocycles. The smallest absolute Gasteiger partial charge is 0.325 e. The van der Waals surface area contributed by atoms with Crippen molar-refractivity contribution in [2.75, 3.05) is 26.2 Å². The second-order valence-corrected chi connectivity index (χ2v) is 5.47. The van der Waals surface area contributed by atoms with E-state index in [4.69, 9.17) is 4.52 Å². The Morgan fingerprint density at radius 2 is 2.09 bits per heavy atom. The van der Waals surface area contributed by atoms with Gasteiger partial charge in [-0.3, -0.25) is 14.5 Å². The number of carbonyl (C=O) groups excluding carboxylic acids is 3. The van der Waals surface area contributed by atoms with Gasteiger partial charge < -0.3 is 14.7 Å². The molecule has 3 rings (SSSR count). The Kier molecular flexibility index (Phi) is 3.78. The number of hydrogen-bond donors (Lipinski definition) is 1. The molecule has 0 aromatic carbocycles. The van der Waals surface area contributed by atoms with E-state index in [1.807, 2.05) is 0 Å². The molecule has 2 saturated heterocycles. The minimum absolute atomic E-state index is 0.0370. The van der Waals surface area contributed by atoms with Crippen LogP contribution in [0.2, 0.25) is 0 Å². The molecule has 9 nitrogen and oxygen atoms in total. The predicted molar refractivity (Wildman–Crippen MR) is 72.7 cm³/mol. The molecule has 0 spiro atoms. The van der Waals surface area contributed by atoms with Gasteiger partial charge in [-0.15, -0.1) is 0 Å². The van der Waals surface area contributed by atoms with Gasteiger partial charge in [-0.25, -0.2) is 4.79 Å². The van der Waals surface area contributed by atoms with Crippen LogP contribution in [0.4, 0.5) is 4.79 Å². The molecule has 0 bridgehead atoms. The Morgan fingerprint density at radius 1 is 1.36 bits per heavy atom. The van der Waals surface area contributed by atoms with Gasteiger partial charge in [0.05, 0.1) is 6.54 Å². The second-order valence-electron chi connectivity index (χ2n) is 5.47. The summed E-state index contributed by atoms with van der Waals surface area (Å²) in [5.41, 5.74) is 0. The summed E-state index contributed by atoms with van der Waals surface area (Å²) in [4.78, 5) is 42.0. The molecule has 1 N–H and O–H groups in total. The molecule has 2 fully saturated rings. The molecular weight excluding hydrogens is 290 g/mol. The van der Waals surface area contributed by atoms with Crippen molar-refractivity contribution in [2.45, 2.75) is 25.7 Å². The largest absolute Gasteiger partial charge is 0.341 e. The van der Waals surface area contributed by atoms with Gasteiger partial charge >= 0.3 is 6.03 Å². The normalized spacial score (nSPS) is 19.7. The van der Waals surface area contributed by atoms with Crippen molar-refractivity contribution in [3.05, 3.63) is 11.7 Å². The van der Waals surface area contributed by atoms with E-state index in [-0.39, 0.29) is 30.8 Å². The van der Waals surface area contributed by atoms with Crippen molar-refractivity contribution >= 4 is 17.8 Å². The van der Waals surface area contributed by atoms with Crippen LogP contribution in [0.15, 0.2) is 4.52 Å². The van der Waals surface area contributed by atoms with Crippen molar-refractivity contribution in [2.24, 2.45) is 0 Å². The number of hydrogen-bond acceptors (Lipinski definition) is 6. The zero-order chi connectivity index (χ0) is 15.7. The molecule has 4 amide bonds. The van der Waals surface area contributed by atoms with Crippen LogP contribution < -0.4 is 5.32 Å². The molecule has 9 heteroatoms. The van der Waals surface area contributed by atoms with Crippen LogP contribution in [0.1, 0.15) is 30.5 Å². The van der Waals surface area contributed by atoms with Gasteiger partial charge in [0, 0.05) is 19.0 Å². The minimum Gasteiger partial charge on any atom is -0.341 e. The van der Waals surface area contributed by atoms with Crippen LogP contribution in [-0.4, -0.2) is 64.0 Å². The monoisotopic (exact) mass is 307 g/mol. The first kappa shape index (κ1) is 14.5. The maximum absolute atomic E-state index is 12.2. The van der Waals surface area contributed by atoms with Crippen molar-refractivity contribution in [3.8, 4) is 0 Å². The van der Waals surface area contributed by atoms with Crippen LogP contribution in [0, 0.1) is 6.92 Å². The lowest BCUT2D eigenvalue weighted by atomic mass is 9.96. The van der Waals surface area contributed by atoms with Crippen molar-refractivity contribution < 1.29 is 18.9 Å². The summed E-state index contributed by atoms with van der Waals surface area (Å²) in [7, 11) is 0. The lowest BCUT2D eigenvalue weighted by molar-refractivity contribution is -0.137. The molecule has 0 aliphatic carbocycles. The number of nitrogens with one attached hydrogen (secondary N) is 1. The summed E-state index contributed by atoms with van der Waals surface area (Å²) in [6.45, 7) is 2.63. The predicted octanol–water partition coefficient (Wildman–Crippen LogP) is -0.364. The fraction of sp³-hybridized carbons (Fsp3) is 0.615. The number of piperidine rings is 1. The Labute approximate surface area is 126 Å². The summed E-state index contributed by atoms with van der Waals surface area (Å²) < 4.78 is 5.16. The van der Waals surface area contributed by atoms with Crippen molar-refractivity contribution in [1.82, 2.24) is 25.3 Å². The third-order valence-electron chi connectivity index (χ3n) is 3.97. The quantitative estimate of drug-likeness (QED) is 0.764. The van der Waals surface area contributed by atoms with Crippen molar-refractivity contribution in [3.63, 3.8) is 0 Å². The fourth-order valence-corrected chi connectivity index (χ4v) is 2.71. The zero-order valence-electron chi connectivity index (χ0n) is 12.2. The molecule has 2 aliphatic rings. The standard InChI is InChI=1S/C13H17N5O4/c1-8-15-12(22-16-8)9-2-4-17(5-3-9)11(20)7-18-10(19)6-14-13(18)21/h9H,2-7H2,1H3,(H,14,21). The maximum Gasteiger partial charge on any atom is 0.325 e. The SMILES string of the molecule is Cc1noc(C2CCN(C(=O)CN3C(=O)CNC3=O)CC2)n1. The number of carbonyl (C=O) groups is 3. The molecule has 118 valence electrons. The summed E-state index contributed by atoms with van der Waals surface area (Å²) in [5, 5.41) is 6.17. The highest BCUT2D eigenvalue weighted by atomic mass is 16.5. The number of likely N-dealkylation sites (tertiary alicyclic amines) is 1. The van der Waals surface area contributed by atoms with E-state index in [0.717, 1.165) is 17.7 Å². The van der Waals surface area contributed by atoms with Crippen LogP contribution in [0.25, 0.3) is 0 Å². The molecule has 22 heavy (non-hydrogen) atoms. The Morgan fingerprint density at radius 3 is 2.64 bits per heavy atom. The number of nitrogens with zero attached hydrogens (tertiary/aromatic N) is 4. The Hall–Kier alpha value is -2.45. The van der Waals surface area contributed by atoms with E-state index < -0.39 is 6.03 Å². The molecule has 3 heterocycles. The third-order valence-corrected chi connectivity index (χ3v) is 3.97. The van der Waals surface area contributed by atoms with Crippen molar-refractivity contribution in [1.29, 1.82) is 0 Å². The number of urea groups is 1. The highest BCUT2D eigenvalue weighted by Gasteiger charge is 2.33. The number of amides is 4. The van der Waals surface area contributed by atoms with Gasteiger partial charge in [0.1, 0.15) is 6.54 Å². The lowest BCUT2D eigenvalue weighted by Crippen LogP contribution is -2.45. The number of imide groups is 1. The lowest BCUT2D eigenvalue weighted by Gasteiger charge is -2.31. The topological polar surface area (TPSA) is 109 Å². The van der Waals surface area contributed by atoms with E-state index in [0.29, 0.717) is 24.8 Å². The average molecular weight is 307 g/mol. The summed E-state index contributed by atoms with van der Waals surface area (Å²) in [5.74, 6) is 0.785. The second kappa shape index (κ2) is 5.74. The van der Waals surface area contributed by atoms with Gasteiger partial charge in [0.25, 0.3) is 5.91 Å². The van der Waals surface area contributed by atoms with Gasteiger partial charge in [-0.05, 0) is 19.8 Å². The summed E-state index contributed by atoms with van der Waals surface area (Å²) in [6.07, 6.45) is 1.46. The minimum atomic E-state index is -0.505. The molecule has 0 radical (unpaired) electrons. The first-order chi connectivity index (χ1) is 10.5. The first-order valence-corrected chi connectivity index (χ1v) is 7.21. The van der Waals surface area contributed by atoms with Crippen LogP contribution in [0.3, 0.4) is 0 Å². The van der Waals surface area contributed by atoms with Crippen LogP contribution in [-0.2, 0) is 9.59 Å². The molecule has 2 aliphatic heterocycles. The Balaban J connectivity index is 1.53. The van der Waals surface area contributed by atoms with Crippen LogP contribution >= 0.6 is 0 Å². The summed E-state index contributed by atoms with van der Waals surface area (Å²) >= 11 is 0. The fourth-order valence-electron chi connectivity index (χ4n) is 2.71. The number of aromatic nitrogens is 2. The number of rotatable bonds is 3. The van der Waals surface area contributed by atoms with Crippen LogP contribution in [0.5, 0.6) is 0 Å². The van der Waals surface area contributed by atoms with E-state index in [1.54, 1.807) is 11.8 Å². The molecular formula is C13H17N5O4. The average Bonchev–Trinajstić information content (AvgIpc) is 3.08. The maximum atomic E-state index is 12.2. The van der Waals surface area contributed by atoms with E-state index >= 15 is 0 Å². The zero-order valence-corrected chi connectivity index (χ0v) is 12.2. The third kappa shape index (κ3) is 2.78. The molecule has 0 atom stereocenters. The van der Waals surface area contributed by atoms with Gasteiger partial charge in [-0.1, -0.05) is 5.16 Å². The highest BCUT2D eigenvalue weighted by Crippen LogP contribution is 2.26. The van der Waals surface area contributed by atoms with E-state index in [2.05, 4.69) is 15.5 Å². The van der Waals surface area contributed by atoms with Gasteiger partial charge in [0.2, 0.25) is 11.8 Å². The number of aryl methyl sites for hydroxylation is 1. The van der Waals surface area contributed by atoms with Gasteiger partial charge in [-0.2, -0.15) is 4.98 Å². The Bertz CT molecular complexity index is 589. The molecule has 0 unspecified atom stereocenters.